The maximum absolute atomic E-state index is 10.7. The van der Waals surface area contributed by atoms with Gasteiger partial charge in [-0.2, -0.15) is 0 Å². The molecule has 4 unspecified atom stereocenters. The maximum atomic E-state index is 10.7. The largest absolute Gasteiger partial charge is 0.388 e. The van der Waals surface area contributed by atoms with Crippen LogP contribution in [0, 0.1) is 17.8 Å². The number of benzene rings is 1. The van der Waals surface area contributed by atoms with Crippen molar-refractivity contribution in [3.63, 3.8) is 0 Å². The Morgan fingerprint density at radius 2 is 1.89 bits per heavy atom. The summed E-state index contributed by atoms with van der Waals surface area (Å²) in [6.07, 6.45) is 7.31. The van der Waals surface area contributed by atoms with Crippen molar-refractivity contribution in [1.82, 2.24) is 0 Å². The molecule has 2 aliphatic rings. The van der Waals surface area contributed by atoms with Gasteiger partial charge in [0, 0.05) is 0 Å². The minimum absolute atomic E-state index is 0.230. The van der Waals surface area contributed by atoms with E-state index < -0.39 is 0 Å². The van der Waals surface area contributed by atoms with Crippen LogP contribution in [-0.2, 0) is 12.8 Å². The van der Waals surface area contributed by atoms with E-state index in [1.807, 2.05) is 0 Å². The van der Waals surface area contributed by atoms with Crippen LogP contribution in [0.25, 0.3) is 0 Å². The van der Waals surface area contributed by atoms with Gasteiger partial charge in [0.15, 0.2) is 0 Å². The van der Waals surface area contributed by atoms with Crippen LogP contribution in [0.1, 0.15) is 62.3 Å². The third kappa shape index (κ3) is 2.33. The predicted octanol–water partition coefficient (Wildman–Crippen LogP) is 4.28. The lowest BCUT2D eigenvalue weighted by atomic mass is 9.81. The van der Waals surface area contributed by atoms with E-state index >= 15 is 0 Å². The molecule has 0 aliphatic heterocycles. The van der Waals surface area contributed by atoms with Crippen LogP contribution in [-0.4, -0.2) is 5.11 Å². The molecule has 2 saturated carbocycles. The van der Waals surface area contributed by atoms with Gasteiger partial charge < -0.3 is 5.11 Å². The summed E-state index contributed by atoms with van der Waals surface area (Å²) in [6.45, 7) is 4.42. The van der Waals surface area contributed by atoms with Crippen LogP contribution in [0.2, 0.25) is 0 Å². The van der Waals surface area contributed by atoms with Crippen molar-refractivity contribution in [3.05, 3.63) is 34.9 Å². The van der Waals surface area contributed by atoms with Gasteiger partial charge in [0.2, 0.25) is 0 Å². The summed E-state index contributed by atoms with van der Waals surface area (Å²) in [4.78, 5) is 0. The zero-order chi connectivity index (χ0) is 13.4. The van der Waals surface area contributed by atoms with Gasteiger partial charge in [-0.15, -0.1) is 0 Å². The molecule has 3 rings (SSSR count). The molecule has 4 atom stereocenters. The van der Waals surface area contributed by atoms with E-state index in [0.717, 1.165) is 30.2 Å². The van der Waals surface area contributed by atoms with Crippen molar-refractivity contribution >= 4 is 0 Å². The molecule has 0 amide bonds. The molecule has 2 fully saturated rings. The van der Waals surface area contributed by atoms with E-state index in [1.54, 1.807) is 0 Å². The summed E-state index contributed by atoms with van der Waals surface area (Å²) in [5.41, 5.74) is 4.01. The van der Waals surface area contributed by atoms with E-state index in [9.17, 15) is 5.11 Å². The minimum atomic E-state index is -0.230. The van der Waals surface area contributed by atoms with Gasteiger partial charge in [-0.1, -0.05) is 38.5 Å². The third-order valence-electron chi connectivity index (χ3n) is 5.53. The van der Waals surface area contributed by atoms with Gasteiger partial charge in [-0.05, 0) is 66.5 Å². The average molecular weight is 258 g/mol. The highest BCUT2D eigenvalue weighted by molar-refractivity contribution is 5.33. The van der Waals surface area contributed by atoms with Crippen LogP contribution >= 0.6 is 0 Å². The van der Waals surface area contributed by atoms with Crippen molar-refractivity contribution in [1.29, 1.82) is 0 Å². The topological polar surface area (TPSA) is 20.2 Å². The molecule has 1 heteroatoms. The molecule has 0 spiro atoms. The molecule has 1 N–H and O–H groups in total. The van der Waals surface area contributed by atoms with E-state index in [2.05, 4.69) is 32.0 Å². The molecule has 104 valence electrons. The Balaban J connectivity index is 1.81. The summed E-state index contributed by atoms with van der Waals surface area (Å²) in [7, 11) is 0. The third-order valence-corrected chi connectivity index (χ3v) is 5.53. The Morgan fingerprint density at radius 3 is 2.47 bits per heavy atom. The zero-order valence-electron chi connectivity index (χ0n) is 12.2. The smallest absolute Gasteiger partial charge is 0.0821 e. The molecule has 0 heterocycles. The normalized spacial score (nSPS) is 30.8. The van der Waals surface area contributed by atoms with Gasteiger partial charge in [-0.3, -0.25) is 0 Å². The number of hydrogen-bond acceptors (Lipinski definition) is 1. The van der Waals surface area contributed by atoms with Gasteiger partial charge >= 0.3 is 0 Å². The summed E-state index contributed by atoms with van der Waals surface area (Å²) in [6, 6.07) is 6.65. The SMILES string of the molecule is CCc1ccc(C(O)C2CC3CCC2C3)cc1CC. The van der Waals surface area contributed by atoms with Crippen LogP contribution in [0.15, 0.2) is 18.2 Å². The number of aryl methyl sites for hydroxylation is 2. The summed E-state index contributed by atoms with van der Waals surface area (Å²) in [5, 5.41) is 10.7. The number of rotatable bonds is 4. The molecule has 1 nitrogen and oxygen atoms in total. The zero-order valence-corrected chi connectivity index (χ0v) is 12.2. The second-order valence-electron chi connectivity index (χ2n) is 6.52. The molecular weight excluding hydrogens is 232 g/mol. The molecule has 0 radical (unpaired) electrons. The van der Waals surface area contributed by atoms with Gasteiger partial charge in [0.1, 0.15) is 0 Å². The van der Waals surface area contributed by atoms with E-state index in [-0.39, 0.29) is 6.10 Å². The standard InChI is InChI=1S/C18H26O/c1-3-13-7-8-16(11-14(13)4-2)18(19)17-10-12-5-6-15(17)9-12/h7-8,11-12,15,17-19H,3-6,9-10H2,1-2H3. The molecule has 2 bridgehead atoms. The molecule has 1 aromatic carbocycles. The second-order valence-corrected chi connectivity index (χ2v) is 6.52. The van der Waals surface area contributed by atoms with Crippen molar-refractivity contribution in [2.45, 2.75) is 58.5 Å². The number of fused-ring (bicyclic) bond motifs is 2. The Morgan fingerprint density at radius 1 is 1.11 bits per heavy atom. The fourth-order valence-corrected chi connectivity index (χ4v) is 4.43. The maximum Gasteiger partial charge on any atom is 0.0821 e. The fourth-order valence-electron chi connectivity index (χ4n) is 4.43. The minimum Gasteiger partial charge on any atom is -0.388 e. The molecule has 0 aromatic heterocycles. The molecule has 0 saturated heterocycles. The lowest BCUT2D eigenvalue weighted by Crippen LogP contribution is -2.19. The Kier molecular flexibility index (Phi) is 3.66. The second kappa shape index (κ2) is 5.28. The summed E-state index contributed by atoms with van der Waals surface area (Å²) >= 11 is 0. The molecule has 2 aliphatic carbocycles. The van der Waals surface area contributed by atoms with Crippen LogP contribution in [0.3, 0.4) is 0 Å². The summed E-state index contributed by atoms with van der Waals surface area (Å²) in [5.74, 6) is 2.22. The predicted molar refractivity (Wildman–Crippen MR) is 79.1 cm³/mol. The van der Waals surface area contributed by atoms with E-state index in [4.69, 9.17) is 0 Å². The van der Waals surface area contributed by atoms with Crippen LogP contribution < -0.4 is 0 Å². The quantitative estimate of drug-likeness (QED) is 0.854. The fraction of sp³-hybridized carbons (Fsp3) is 0.667. The number of hydrogen-bond donors (Lipinski definition) is 1. The summed E-state index contributed by atoms with van der Waals surface area (Å²) < 4.78 is 0. The van der Waals surface area contributed by atoms with Gasteiger partial charge in [0.05, 0.1) is 6.10 Å². The first-order valence-corrected chi connectivity index (χ1v) is 8.02. The van der Waals surface area contributed by atoms with Crippen molar-refractivity contribution in [2.75, 3.05) is 0 Å². The Bertz CT molecular complexity index is 451. The Labute approximate surface area is 117 Å². The first-order valence-electron chi connectivity index (χ1n) is 8.02. The van der Waals surface area contributed by atoms with E-state index in [1.165, 1.54) is 36.8 Å². The van der Waals surface area contributed by atoms with E-state index in [0.29, 0.717) is 5.92 Å². The first kappa shape index (κ1) is 13.2. The lowest BCUT2D eigenvalue weighted by Gasteiger charge is -2.27. The van der Waals surface area contributed by atoms with Crippen molar-refractivity contribution in [3.8, 4) is 0 Å². The first-order chi connectivity index (χ1) is 9.22. The highest BCUT2D eigenvalue weighted by atomic mass is 16.3. The van der Waals surface area contributed by atoms with Crippen LogP contribution in [0.5, 0.6) is 0 Å². The number of aliphatic hydroxyl groups excluding tert-OH is 1. The van der Waals surface area contributed by atoms with Gasteiger partial charge in [0.25, 0.3) is 0 Å². The monoisotopic (exact) mass is 258 g/mol. The van der Waals surface area contributed by atoms with Gasteiger partial charge in [-0.25, -0.2) is 0 Å². The van der Waals surface area contributed by atoms with Crippen molar-refractivity contribution < 1.29 is 5.11 Å². The number of aliphatic hydroxyl groups is 1. The highest BCUT2D eigenvalue weighted by Gasteiger charge is 2.43. The van der Waals surface area contributed by atoms with Crippen molar-refractivity contribution in [2.24, 2.45) is 17.8 Å². The molecule has 19 heavy (non-hydrogen) atoms. The Hall–Kier alpha value is -0.820. The molecular formula is C18H26O. The lowest BCUT2D eigenvalue weighted by molar-refractivity contribution is 0.0744. The average Bonchev–Trinajstić information content (AvgIpc) is 3.08. The highest BCUT2D eigenvalue weighted by Crippen LogP contribution is 2.52. The van der Waals surface area contributed by atoms with Crippen LogP contribution in [0.4, 0.5) is 0 Å². The molecule has 1 aromatic rings.